The molecule has 2 aromatic heterocycles. The third-order valence-corrected chi connectivity index (χ3v) is 9.25. The van der Waals surface area contributed by atoms with Crippen LogP contribution in [0, 0.1) is 12.8 Å². The molecule has 2 aromatic rings. The first kappa shape index (κ1) is 25.0. The van der Waals surface area contributed by atoms with Gasteiger partial charge in [0.05, 0.1) is 12.1 Å². The van der Waals surface area contributed by atoms with Crippen LogP contribution >= 0.6 is 22.7 Å². The van der Waals surface area contributed by atoms with Gasteiger partial charge in [0.25, 0.3) is 11.1 Å². The number of halogens is 2. The zero-order valence-electron chi connectivity index (χ0n) is 20.1. The van der Waals surface area contributed by atoms with Gasteiger partial charge in [0.2, 0.25) is 5.91 Å². The molecule has 0 aromatic carbocycles. The molecule has 2 fully saturated rings. The number of nitrogens with zero attached hydrogens (tertiary/aromatic N) is 4. The van der Waals surface area contributed by atoms with Crippen molar-refractivity contribution < 1.29 is 18.3 Å². The molecule has 1 amide bonds. The van der Waals surface area contributed by atoms with E-state index in [0.717, 1.165) is 73.9 Å². The molecule has 1 N–H and O–H groups in total. The van der Waals surface area contributed by atoms with E-state index in [4.69, 9.17) is 4.74 Å². The molecule has 1 unspecified atom stereocenters. The Labute approximate surface area is 212 Å². The fourth-order valence-electron chi connectivity index (χ4n) is 5.41. The van der Waals surface area contributed by atoms with E-state index in [-0.39, 0.29) is 24.8 Å². The SMILES string of the molecule is Cc1nnc(CC(=O)N[C@H]2CC[C@H](CCN3CCc4sc(OC5CCC(F)(F)C5)nc4C3)CC2)s1. The number of alkyl halides is 2. The van der Waals surface area contributed by atoms with E-state index in [1.54, 1.807) is 0 Å². The molecule has 0 radical (unpaired) electrons. The van der Waals surface area contributed by atoms with E-state index >= 15 is 0 Å². The van der Waals surface area contributed by atoms with E-state index < -0.39 is 12.0 Å². The number of ether oxygens (including phenoxy) is 1. The lowest BCUT2D eigenvalue weighted by molar-refractivity contribution is -0.121. The topological polar surface area (TPSA) is 80.2 Å². The normalized spacial score (nSPS) is 26.4. The van der Waals surface area contributed by atoms with Crippen molar-refractivity contribution in [2.45, 2.75) is 95.7 Å². The lowest BCUT2D eigenvalue weighted by Crippen LogP contribution is -2.39. The number of nitrogens with one attached hydrogen (secondary N) is 1. The Morgan fingerprint density at radius 1 is 1.20 bits per heavy atom. The van der Waals surface area contributed by atoms with Gasteiger partial charge in [0.15, 0.2) is 0 Å². The Bertz CT molecular complexity index is 1020. The predicted molar refractivity (Wildman–Crippen MR) is 131 cm³/mol. The average Bonchev–Trinajstić information content (AvgIpc) is 3.50. The standard InChI is InChI=1S/C24H33F2N5O2S2/c1-15-29-30-22(34-15)12-21(32)27-17-4-2-16(3-5-17)7-10-31-11-8-20-19(14-31)28-23(35-20)33-18-6-9-24(25,26)13-18/h16-18H,2-14H2,1H3,(H,27,32)/t16-,17-,18?. The van der Waals surface area contributed by atoms with Crippen molar-refractivity contribution in [3.05, 3.63) is 20.6 Å². The van der Waals surface area contributed by atoms with E-state index in [1.807, 2.05) is 6.92 Å². The quantitative estimate of drug-likeness (QED) is 0.545. The second kappa shape index (κ2) is 10.7. The summed E-state index contributed by atoms with van der Waals surface area (Å²) in [7, 11) is 0. The lowest BCUT2D eigenvalue weighted by Gasteiger charge is -2.31. The molecule has 3 aliphatic rings. The van der Waals surface area contributed by atoms with Crippen LogP contribution in [-0.2, 0) is 24.2 Å². The number of amides is 1. The van der Waals surface area contributed by atoms with Crippen molar-refractivity contribution in [1.29, 1.82) is 0 Å². The van der Waals surface area contributed by atoms with Crippen molar-refractivity contribution in [3.63, 3.8) is 0 Å². The van der Waals surface area contributed by atoms with Crippen LogP contribution in [0.3, 0.4) is 0 Å². The number of hydrogen-bond donors (Lipinski definition) is 1. The second-order valence-electron chi connectivity index (χ2n) is 10.2. The molecule has 1 atom stereocenters. The first-order valence-electron chi connectivity index (χ1n) is 12.6. The Morgan fingerprint density at radius 3 is 2.74 bits per heavy atom. The first-order valence-corrected chi connectivity index (χ1v) is 14.3. The van der Waals surface area contributed by atoms with Crippen molar-refractivity contribution in [1.82, 2.24) is 25.4 Å². The number of carbonyl (C=O) groups excluding carboxylic acids is 1. The molecule has 192 valence electrons. The molecule has 11 heteroatoms. The number of aryl methyl sites for hydroxylation is 1. The molecule has 2 aliphatic carbocycles. The Hall–Kier alpha value is -1.72. The monoisotopic (exact) mass is 525 g/mol. The predicted octanol–water partition coefficient (Wildman–Crippen LogP) is 4.54. The van der Waals surface area contributed by atoms with Gasteiger partial charge in [-0.25, -0.2) is 13.8 Å². The summed E-state index contributed by atoms with van der Waals surface area (Å²) in [5.74, 6) is -1.86. The summed E-state index contributed by atoms with van der Waals surface area (Å²) in [6.45, 7) is 4.76. The van der Waals surface area contributed by atoms with Gasteiger partial charge in [-0.1, -0.05) is 11.3 Å². The van der Waals surface area contributed by atoms with Crippen LogP contribution in [0.1, 0.15) is 72.0 Å². The van der Waals surface area contributed by atoms with Gasteiger partial charge in [-0.3, -0.25) is 9.69 Å². The molecule has 0 saturated heterocycles. The van der Waals surface area contributed by atoms with Crippen LogP contribution in [0.4, 0.5) is 8.78 Å². The summed E-state index contributed by atoms with van der Waals surface area (Å²) in [4.78, 5) is 20.6. The van der Waals surface area contributed by atoms with Gasteiger partial charge in [0.1, 0.15) is 16.1 Å². The van der Waals surface area contributed by atoms with Crippen molar-refractivity contribution in [2.75, 3.05) is 13.1 Å². The molecule has 3 heterocycles. The summed E-state index contributed by atoms with van der Waals surface area (Å²) in [5.41, 5.74) is 1.05. The minimum absolute atomic E-state index is 0.0435. The third kappa shape index (κ3) is 6.74. The van der Waals surface area contributed by atoms with Crippen LogP contribution in [0.15, 0.2) is 0 Å². The summed E-state index contributed by atoms with van der Waals surface area (Å²) in [6, 6.07) is 0.263. The van der Waals surface area contributed by atoms with E-state index in [0.29, 0.717) is 24.0 Å². The van der Waals surface area contributed by atoms with E-state index in [9.17, 15) is 13.6 Å². The maximum atomic E-state index is 13.4. The van der Waals surface area contributed by atoms with Crippen molar-refractivity contribution in [2.24, 2.45) is 5.92 Å². The lowest BCUT2D eigenvalue weighted by atomic mass is 9.84. The molecule has 0 bridgehead atoms. The first-order chi connectivity index (χ1) is 16.8. The Balaban J connectivity index is 1.01. The highest BCUT2D eigenvalue weighted by molar-refractivity contribution is 7.13. The molecule has 2 saturated carbocycles. The number of fused-ring (bicyclic) bond motifs is 1. The molecule has 5 rings (SSSR count). The summed E-state index contributed by atoms with van der Waals surface area (Å²) in [6.07, 6.45) is 6.47. The Morgan fingerprint density at radius 2 is 2.03 bits per heavy atom. The highest BCUT2D eigenvalue weighted by Gasteiger charge is 2.41. The number of hydrogen-bond acceptors (Lipinski definition) is 8. The highest BCUT2D eigenvalue weighted by Crippen LogP contribution is 2.39. The minimum atomic E-state index is -2.60. The highest BCUT2D eigenvalue weighted by atomic mass is 32.1. The number of thiazole rings is 1. The van der Waals surface area contributed by atoms with Crippen molar-refractivity contribution in [3.8, 4) is 5.19 Å². The fraction of sp³-hybridized carbons (Fsp3) is 0.750. The van der Waals surface area contributed by atoms with Crippen LogP contribution in [-0.4, -0.2) is 57.1 Å². The number of rotatable bonds is 8. The zero-order chi connectivity index (χ0) is 24.4. The molecule has 0 spiro atoms. The molecular formula is C24H33F2N5O2S2. The smallest absolute Gasteiger partial charge is 0.273 e. The minimum Gasteiger partial charge on any atom is -0.466 e. The summed E-state index contributed by atoms with van der Waals surface area (Å²) >= 11 is 3.01. The van der Waals surface area contributed by atoms with Gasteiger partial charge in [-0.05, 0) is 64.3 Å². The number of aromatic nitrogens is 3. The second-order valence-corrected chi connectivity index (χ2v) is 12.5. The van der Waals surface area contributed by atoms with Crippen LogP contribution in [0.25, 0.3) is 0 Å². The average molecular weight is 526 g/mol. The maximum absolute atomic E-state index is 13.4. The third-order valence-electron chi connectivity index (χ3n) is 7.36. The van der Waals surface area contributed by atoms with E-state index in [1.165, 1.54) is 27.6 Å². The van der Waals surface area contributed by atoms with E-state index in [2.05, 4.69) is 25.4 Å². The van der Waals surface area contributed by atoms with Crippen LogP contribution in [0.2, 0.25) is 0 Å². The molecular weight excluding hydrogens is 492 g/mol. The largest absolute Gasteiger partial charge is 0.466 e. The van der Waals surface area contributed by atoms with Crippen LogP contribution in [0.5, 0.6) is 5.19 Å². The van der Waals surface area contributed by atoms with Gasteiger partial charge in [0, 0.05) is 36.9 Å². The zero-order valence-corrected chi connectivity index (χ0v) is 21.7. The molecule has 1 aliphatic heterocycles. The molecule has 7 nitrogen and oxygen atoms in total. The maximum Gasteiger partial charge on any atom is 0.273 e. The Kier molecular flexibility index (Phi) is 7.64. The molecule has 35 heavy (non-hydrogen) atoms. The number of carbonyl (C=O) groups is 1. The van der Waals surface area contributed by atoms with Crippen LogP contribution < -0.4 is 10.1 Å². The summed E-state index contributed by atoms with van der Waals surface area (Å²) in [5, 5.41) is 13.4. The van der Waals surface area contributed by atoms with Gasteiger partial charge >= 0.3 is 0 Å². The van der Waals surface area contributed by atoms with Crippen molar-refractivity contribution >= 4 is 28.6 Å². The van der Waals surface area contributed by atoms with Gasteiger partial charge in [-0.2, -0.15) is 0 Å². The van der Waals surface area contributed by atoms with Gasteiger partial charge < -0.3 is 10.1 Å². The summed E-state index contributed by atoms with van der Waals surface area (Å²) < 4.78 is 32.7. The van der Waals surface area contributed by atoms with Gasteiger partial charge in [-0.15, -0.1) is 21.5 Å². The fourth-order valence-corrected chi connectivity index (χ4v) is 7.09.